The average molecular weight is 274 g/mol. The van der Waals surface area contributed by atoms with Gasteiger partial charge in [-0.25, -0.2) is 0 Å². The summed E-state index contributed by atoms with van der Waals surface area (Å²) in [6, 6.07) is 6.44. The zero-order chi connectivity index (χ0) is 14.5. The molecule has 1 N–H and O–H groups in total. The summed E-state index contributed by atoms with van der Waals surface area (Å²) >= 11 is 0. The predicted molar refractivity (Wildman–Crippen MR) is 84.3 cm³/mol. The zero-order valence-corrected chi connectivity index (χ0v) is 12.9. The average Bonchev–Trinajstić information content (AvgIpc) is 2.45. The molecule has 1 fully saturated rings. The van der Waals surface area contributed by atoms with Crippen LogP contribution in [0.2, 0.25) is 0 Å². The van der Waals surface area contributed by atoms with Crippen LogP contribution in [0.25, 0.3) is 0 Å². The van der Waals surface area contributed by atoms with Crippen molar-refractivity contribution in [2.24, 2.45) is 0 Å². The minimum Gasteiger partial charge on any atom is -0.385 e. The molecule has 1 saturated heterocycles. The summed E-state index contributed by atoms with van der Waals surface area (Å²) in [4.78, 5) is 14.7. The largest absolute Gasteiger partial charge is 0.385 e. The first-order chi connectivity index (χ1) is 9.63. The fourth-order valence-electron chi connectivity index (χ4n) is 2.84. The van der Waals surface area contributed by atoms with Crippen molar-refractivity contribution in [3.8, 4) is 0 Å². The van der Waals surface area contributed by atoms with Gasteiger partial charge in [0.15, 0.2) is 0 Å². The molecule has 0 spiro atoms. The Labute approximate surface area is 122 Å². The van der Waals surface area contributed by atoms with Gasteiger partial charge in [-0.3, -0.25) is 4.79 Å². The standard InChI is InChI=1S/C17H26N2O/c1-4-10-18-15-8-9-16(13(2)12-15)17(20)19-11-6-5-7-14(19)3/h8-9,12,14,18H,4-7,10-11H2,1-3H3. The number of anilines is 1. The second kappa shape index (κ2) is 6.78. The number of amides is 1. The molecule has 1 unspecified atom stereocenters. The van der Waals surface area contributed by atoms with Crippen molar-refractivity contribution in [1.29, 1.82) is 0 Å². The van der Waals surface area contributed by atoms with Crippen LogP contribution in [0, 0.1) is 6.92 Å². The van der Waals surface area contributed by atoms with E-state index in [2.05, 4.69) is 25.2 Å². The van der Waals surface area contributed by atoms with Gasteiger partial charge in [0.1, 0.15) is 0 Å². The molecule has 0 bridgehead atoms. The highest BCUT2D eigenvalue weighted by Gasteiger charge is 2.25. The Morgan fingerprint density at radius 3 is 2.85 bits per heavy atom. The van der Waals surface area contributed by atoms with Gasteiger partial charge in [-0.2, -0.15) is 0 Å². The van der Waals surface area contributed by atoms with Crippen LogP contribution in [-0.2, 0) is 0 Å². The summed E-state index contributed by atoms with van der Waals surface area (Å²) in [5.74, 6) is 0.191. The molecule has 0 aliphatic carbocycles. The number of nitrogens with one attached hydrogen (secondary N) is 1. The molecular formula is C17H26N2O. The van der Waals surface area contributed by atoms with Gasteiger partial charge in [-0.15, -0.1) is 0 Å². The maximum atomic E-state index is 12.7. The molecule has 3 heteroatoms. The molecule has 1 aromatic carbocycles. The zero-order valence-electron chi connectivity index (χ0n) is 12.9. The summed E-state index contributed by atoms with van der Waals surface area (Å²) in [6.45, 7) is 8.20. The van der Waals surface area contributed by atoms with Crippen LogP contribution in [0.4, 0.5) is 5.69 Å². The van der Waals surface area contributed by atoms with Crippen LogP contribution in [0.1, 0.15) is 55.5 Å². The van der Waals surface area contributed by atoms with E-state index in [0.29, 0.717) is 6.04 Å². The molecule has 0 radical (unpaired) electrons. The Morgan fingerprint density at radius 2 is 2.20 bits per heavy atom. The molecule has 110 valence electrons. The number of hydrogen-bond donors (Lipinski definition) is 1. The molecule has 2 rings (SSSR count). The van der Waals surface area contributed by atoms with E-state index >= 15 is 0 Å². The number of carbonyl (C=O) groups excluding carboxylic acids is 1. The summed E-state index contributed by atoms with van der Waals surface area (Å²) < 4.78 is 0. The minimum atomic E-state index is 0.191. The second-order valence-corrected chi connectivity index (χ2v) is 5.80. The first kappa shape index (κ1) is 14.9. The van der Waals surface area contributed by atoms with Gasteiger partial charge in [0.25, 0.3) is 5.91 Å². The second-order valence-electron chi connectivity index (χ2n) is 5.80. The molecule has 1 amide bonds. The van der Waals surface area contributed by atoms with E-state index in [9.17, 15) is 4.79 Å². The topological polar surface area (TPSA) is 32.3 Å². The van der Waals surface area contributed by atoms with Crippen LogP contribution in [-0.4, -0.2) is 29.9 Å². The first-order valence-electron chi connectivity index (χ1n) is 7.79. The number of rotatable bonds is 4. The van der Waals surface area contributed by atoms with Gasteiger partial charge in [0.05, 0.1) is 0 Å². The molecule has 1 atom stereocenters. The van der Waals surface area contributed by atoms with Gasteiger partial charge in [-0.05, 0) is 63.3 Å². The molecule has 1 heterocycles. The number of likely N-dealkylation sites (tertiary alicyclic amines) is 1. The normalized spacial score (nSPS) is 18.9. The molecule has 3 nitrogen and oxygen atoms in total. The molecular weight excluding hydrogens is 248 g/mol. The fourth-order valence-corrected chi connectivity index (χ4v) is 2.84. The Bertz CT molecular complexity index is 470. The maximum Gasteiger partial charge on any atom is 0.254 e. The monoisotopic (exact) mass is 274 g/mol. The van der Waals surface area contributed by atoms with Gasteiger partial charge < -0.3 is 10.2 Å². The van der Waals surface area contributed by atoms with Crippen LogP contribution in [0.15, 0.2) is 18.2 Å². The van der Waals surface area contributed by atoms with Crippen molar-refractivity contribution in [2.45, 2.75) is 52.5 Å². The lowest BCUT2D eigenvalue weighted by atomic mass is 10.0. The van der Waals surface area contributed by atoms with Gasteiger partial charge >= 0.3 is 0 Å². The van der Waals surface area contributed by atoms with Crippen molar-refractivity contribution >= 4 is 11.6 Å². The lowest BCUT2D eigenvalue weighted by molar-refractivity contribution is 0.0635. The highest BCUT2D eigenvalue weighted by molar-refractivity contribution is 5.96. The Hall–Kier alpha value is -1.51. The maximum absolute atomic E-state index is 12.7. The van der Waals surface area contributed by atoms with Crippen LogP contribution < -0.4 is 5.32 Å². The molecule has 1 aliphatic rings. The third-order valence-corrected chi connectivity index (χ3v) is 4.10. The predicted octanol–water partition coefficient (Wildman–Crippen LogP) is 3.83. The minimum absolute atomic E-state index is 0.191. The van der Waals surface area contributed by atoms with Gasteiger partial charge in [0.2, 0.25) is 0 Å². The van der Waals surface area contributed by atoms with Crippen molar-refractivity contribution in [2.75, 3.05) is 18.4 Å². The highest BCUT2D eigenvalue weighted by atomic mass is 16.2. The van der Waals surface area contributed by atoms with Crippen molar-refractivity contribution in [1.82, 2.24) is 4.90 Å². The van der Waals surface area contributed by atoms with E-state index in [-0.39, 0.29) is 5.91 Å². The highest BCUT2D eigenvalue weighted by Crippen LogP contribution is 2.22. The number of piperidine rings is 1. The summed E-state index contributed by atoms with van der Waals surface area (Å²) in [5.41, 5.74) is 3.02. The third-order valence-electron chi connectivity index (χ3n) is 4.10. The number of carbonyl (C=O) groups is 1. The first-order valence-corrected chi connectivity index (χ1v) is 7.79. The molecule has 20 heavy (non-hydrogen) atoms. The van der Waals surface area contributed by atoms with E-state index < -0.39 is 0 Å². The molecule has 1 aliphatic heterocycles. The quantitative estimate of drug-likeness (QED) is 0.905. The SMILES string of the molecule is CCCNc1ccc(C(=O)N2CCCCC2C)c(C)c1. The van der Waals surface area contributed by atoms with E-state index in [1.54, 1.807) is 0 Å². The van der Waals surface area contributed by atoms with Crippen molar-refractivity contribution in [3.05, 3.63) is 29.3 Å². The lowest BCUT2D eigenvalue weighted by Crippen LogP contribution is -2.42. The van der Waals surface area contributed by atoms with E-state index in [0.717, 1.165) is 49.2 Å². The van der Waals surface area contributed by atoms with Crippen molar-refractivity contribution in [3.63, 3.8) is 0 Å². The Kier molecular flexibility index (Phi) is 5.05. The van der Waals surface area contributed by atoms with Crippen LogP contribution >= 0.6 is 0 Å². The number of aryl methyl sites for hydroxylation is 1. The number of nitrogens with zero attached hydrogens (tertiary/aromatic N) is 1. The van der Waals surface area contributed by atoms with Gasteiger partial charge in [-0.1, -0.05) is 6.92 Å². The van der Waals surface area contributed by atoms with Gasteiger partial charge in [0, 0.05) is 30.4 Å². The third kappa shape index (κ3) is 3.33. The fraction of sp³-hybridized carbons (Fsp3) is 0.588. The molecule has 0 aromatic heterocycles. The van der Waals surface area contributed by atoms with Crippen molar-refractivity contribution < 1.29 is 4.79 Å². The Balaban J connectivity index is 2.13. The van der Waals surface area contributed by atoms with Crippen LogP contribution in [0.3, 0.4) is 0 Å². The summed E-state index contributed by atoms with van der Waals surface area (Å²) in [5, 5.41) is 3.36. The smallest absolute Gasteiger partial charge is 0.254 e. The number of hydrogen-bond acceptors (Lipinski definition) is 2. The summed E-state index contributed by atoms with van der Waals surface area (Å²) in [6.07, 6.45) is 4.60. The molecule has 0 saturated carbocycles. The van der Waals surface area contributed by atoms with E-state index in [1.165, 1.54) is 6.42 Å². The van der Waals surface area contributed by atoms with E-state index in [1.807, 2.05) is 24.0 Å². The van der Waals surface area contributed by atoms with E-state index in [4.69, 9.17) is 0 Å². The Morgan fingerprint density at radius 1 is 1.40 bits per heavy atom. The summed E-state index contributed by atoms with van der Waals surface area (Å²) in [7, 11) is 0. The molecule has 1 aromatic rings. The number of benzene rings is 1. The lowest BCUT2D eigenvalue weighted by Gasteiger charge is -2.33. The van der Waals surface area contributed by atoms with Crippen LogP contribution in [0.5, 0.6) is 0 Å².